The molecule has 0 amide bonds. The molecule has 0 aliphatic carbocycles. The van der Waals surface area contributed by atoms with Gasteiger partial charge in [-0.2, -0.15) is 5.10 Å². The smallest absolute Gasteiger partial charge is 0.209 e. The van der Waals surface area contributed by atoms with Crippen molar-refractivity contribution >= 4 is 0 Å². The lowest BCUT2D eigenvalue weighted by atomic mass is 10.2. The van der Waals surface area contributed by atoms with Crippen molar-refractivity contribution in [3.05, 3.63) is 55.1 Å². The van der Waals surface area contributed by atoms with Gasteiger partial charge in [0.15, 0.2) is 5.76 Å². The van der Waals surface area contributed by atoms with Crippen LogP contribution in [0.2, 0.25) is 0 Å². The largest absolute Gasteiger partial charge is 0.439 e. The molecular weight excluding hydrogens is 290 g/mol. The highest BCUT2D eigenvalue weighted by Crippen LogP contribution is 2.24. The van der Waals surface area contributed by atoms with Crippen LogP contribution in [0.5, 0.6) is 0 Å². The fourth-order valence-corrected chi connectivity index (χ4v) is 3.15. The van der Waals surface area contributed by atoms with Crippen LogP contribution >= 0.6 is 0 Å². The van der Waals surface area contributed by atoms with E-state index in [9.17, 15) is 0 Å². The van der Waals surface area contributed by atoms with Crippen molar-refractivity contribution in [2.75, 3.05) is 6.54 Å². The minimum atomic E-state index is 0.462. The number of nitrogens with zero attached hydrogens (tertiary/aromatic N) is 5. The van der Waals surface area contributed by atoms with E-state index >= 15 is 0 Å². The lowest BCUT2D eigenvalue weighted by molar-refractivity contribution is 0.200. The third-order valence-electron chi connectivity index (χ3n) is 4.31. The van der Waals surface area contributed by atoms with Crippen molar-refractivity contribution in [1.82, 2.24) is 24.6 Å². The zero-order valence-corrected chi connectivity index (χ0v) is 12.9. The maximum atomic E-state index is 5.93. The summed E-state index contributed by atoms with van der Waals surface area (Å²) in [6.45, 7) is 2.68. The van der Waals surface area contributed by atoms with Gasteiger partial charge in [0.25, 0.3) is 0 Å². The Labute approximate surface area is 134 Å². The summed E-state index contributed by atoms with van der Waals surface area (Å²) in [7, 11) is 0. The Hall–Kier alpha value is -2.47. The van der Waals surface area contributed by atoms with Gasteiger partial charge >= 0.3 is 0 Å². The Bertz CT molecular complexity index is 737. The molecule has 0 unspecified atom stereocenters. The van der Waals surface area contributed by atoms with Gasteiger partial charge in [0.05, 0.1) is 19.3 Å². The standard InChI is InChI=1S/C17H19N5O/c1-2-5-14(6-3-1)16-9-19-17(23-16)11-21-8-4-7-15(21)10-22-13-18-12-20-22/h1-3,5-6,9,12-13,15H,4,7-8,10-11H2/t15-/m0/s1. The van der Waals surface area contributed by atoms with E-state index in [4.69, 9.17) is 4.42 Å². The molecule has 1 aliphatic heterocycles. The molecule has 1 saturated heterocycles. The minimum Gasteiger partial charge on any atom is -0.439 e. The Balaban J connectivity index is 1.44. The lowest BCUT2D eigenvalue weighted by Crippen LogP contribution is -2.32. The highest BCUT2D eigenvalue weighted by Gasteiger charge is 2.26. The van der Waals surface area contributed by atoms with Crippen LogP contribution in [0, 0.1) is 0 Å². The Morgan fingerprint density at radius 3 is 2.96 bits per heavy atom. The summed E-state index contributed by atoms with van der Waals surface area (Å²) in [4.78, 5) is 10.9. The Morgan fingerprint density at radius 2 is 2.13 bits per heavy atom. The van der Waals surface area contributed by atoms with Gasteiger partial charge in [-0.05, 0) is 19.4 Å². The van der Waals surface area contributed by atoms with Crippen LogP contribution in [-0.4, -0.2) is 37.2 Å². The van der Waals surface area contributed by atoms with Crippen molar-refractivity contribution in [2.24, 2.45) is 0 Å². The van der Waals surface area contributed by atoms with E-state index in [2.05, 4.69) is 20.0 Å². The van der Waals surface area contributed by atoms with Crippen LogP contribution in [0.1, 0.15) is 18.7 Å². The first-order chi connectivity index (χ1) is 11.4. The second-order valence-electron chi connectivity index (χ2n) is 5.87. The molecule has 0 saturated carbocycles. The summed E-state index contributed by atoms with van der Waals surface area (Å²) in [6.07, 6.45) is 7.54. The summed E-state index contributed by atoms with van der Waals surface area (Å²) in [6, 6.07) is 10.5. The predicted molar refractivity (Wildman–Crippen MR) is 85.4 cm³/mol. The molecule has 1 atom stereocenters. The first-order valence-corrected chi connectivity index (χ1v) is 7.95. The van der Waals surface area contributed by atoms with E-state index in [0.29, 0.717) is 6.04 Å². The van der Waals surface area contributed by atoms with E-state index in [-0.39, 0.29) is 0 Å². The molecule has 4 rings (SSSR count). The van der Waals surface area contributed by atoms with Crippen LogP contribution in [-0.2, 0) is 13.1 Å². The number of rotatable bonds is 5. The Kier molecular flexibility index (Phi) is 3.90. The molecule has 6 nitrogen and oxygen atoms in total. The second-order valence-corrected chi connectivity index (χ2v) is 5.87. The fourth-order valence-electron chi connectivity index (χ4n) is 3.15. The average molecular weight is 309 g/mol. The quantitative estimate of drug-likeness (QED) is 0.725. The van der Waals surface area contributed by atoms with Crippen LogP contribution in [0.15, 0.2) is 53.6 Å². The summed E-state index contributed by atoms with van der Waals surface area (Å²) < 4.78 is 7.82. The van der Waals surface area contributed by atoms with Crippen LogP contribution in [0.4, 0.5) is 0 Å². The van der Waals surface area contributed by atoms with Gasteiger partial charge < -0.3 is 4.42 Å². The third-order valence-corrected chi connectivity index (χ3v) is 4.31. The molecule has 0 bridgehead atoms. The van der Waals surface area contributed by atoms with E-state index < -0.39 is 0 Å². The third kappa shape index (κ3) is 3.17. The maximum absolute atomic E-state index is 5.93. The van der Waals surface area contributed by atoms with Crippen molar-refractivity contribution < 1.29 is 4.42 Å². The molecule has 23 heavy (non-hydrogen) atoms. The molecule has 3 heterocycles. The number of benzene rings is 1. The summed E-state index contributed by atoms with van der Waals surface area (Å²) in [5.74, 6) is 1.60. The zero-order valence-electron chi connectivity index (χ0n) is 12.9. The normalized spacial score (nSPS) is 18.5. The molecule has 2 aromatic heterocycles. The molecular formula is C17H19N5O. The number of aromatic nitrogens is 4. The van der Waals surface area contributed by atoms with Gasteiger partial charge in [0.2, 0.25) is 5.89 Å². The molecule has 0 radical (unpaired) electrons. The zero-order chi connectivity index (χ0) is 15.5. The molecule has 1 fully saturated rings. The molecule has 0 spiro atoms. The van der Waals surface area contributed by atoms with E-state index in [1.54, 1.807) is 12.7 Å². The maximum Gasteiger partial charge on any atom is 0.209 e. The fraction of sp³-hybridized carbons (Fsp3) is 0.353. The SMILES string of the molecule is c1ccc(-c2cnc(CN3CCC[C@H]3Cn3cncn3)o2)cc1. The van der Waals surface area contributed by atoms with Gasteiger partial charge in [0, 0.05) is 11.6 Å². The van der Waals surface area contributed by atoms with Gasteiger partial charge in [-0.1, -0.05) is 30.3 Å². The van der Waals surface area contributed by atoms with Crippen molar-refractivity contribution in [3.8, 4) is 11.3 Å². The predicted octanol–water partition coefficient (Wildman–Crippen LogP) is 2.60. The molecule has 118 valence electrons. The summed E-state index contributed by atoms with van der Waals surface area (Å²) >= 11 is 0. The lowest BCUT2D eigenvalue weighted by Gasteiger charge is -2.22. The van der Waals surface area contributed by atoms with Crippen molar-refractivity contribution in [3.63, 3.8) is 0 Å². The number of oxazole rings is 1. The number of hydrogen-bond acceptors (Lipinski definition) is 5. The van der Waals surface area contributed by atoms with Crippen LogP contribution in [0.3, 0.4) is 0 Å². The Morgan fingerprint density at radius 1 is 1.22 bits per heavy atom. The summed E-state index contributed by atoms with van der Waals surface area (Å²) in [5, 5.41) is 4.20. The van der Waals surface area contributed by atoms with Crippen molar-refractivity contribution in [2.45, 2.75) is 32.0 Å². The molecule has 1 aliphatic rings. The van der Waals surface area contributed by atoms with E-state index in [1.165, 1.54) is 12.8 Å². The molecule has 6 heteroatoms. The van der Waals surface area contributed by atoms with E-state index in [1.807, 2.05) is 41.2 Å². The van der Waals surface area contributed by atoms with E-state index in [0.717, 1.165) is 36.8 Å². The van der Waals surface area contributed by atoms with Gasteiger partial charge in [-0.15, -0.1) is 0 Å². The first-order valence-electron chi connectivity index (χ1n) is 7.95. The molecule has 3 aromatic rings. The summed E-state index contributed by atoms with van der Waals surface area (Å²) in [5.41, 5.74) is 1.06. The van der Waals surface area contributed by atoms with Crippen molar-refractivity contribution in [1.29, 1.82) is 0 Å². The highest BCUT2D eigenvalue weighted by atomic mass is 16.4. The van der Waals surface area contributed by atoms with Crippen LogP contribution < -0.4 is 0 Å². The number of hydrogen-bond donors (Lipinski definition) is 0. The molecule has 0 N–H and O–H groups in total. The minimum absolute atomic E-state index is 0.462. The monoisotopic (exact) mass is 309 g/mol. The van der Waals surface area contributed by atoms with Gasteiger partial charge in [-0.3, -0.25) is 9.58 Å². The highest BCUT2D eigenvalue weighted by molar-refractivity contribution is 5.55. The second kappa shape index (κ2) is 6.34. The molecule has 1 aromatic carbocycles. The van der Waals surface area contributed by atoms with Gasteiger partial charge in [-0.25, -0.2) is 9.97 Å². The van der Waals surface area contributed by atoms with Crippen LogP contribution in [0.25, 0.3) is 11.3 Å². The average Bonchev–Trinajstić information content (AvgIpc) is 3.33. The topological polar surface area (TPSA) is 60.0 Å². The first kappa shape index (κ1) is 14.1. The van der Waals surface area contributed by atoms with Gasteiger partial charge in [0.1, 0.15) is 12.7 Å². The number of likely N-dealkylation sites (tertiary alicyclic amines) is 1.